The molecule has 0 aliphatic carbocycles. The summed E-state index contributed by atoms with van der Waals surface area (Å²) in [5.74, 6) is 1.25. The Morgan fingerprint density at radius 1 is 1.70 bits per heavy atom. The Morgan fingerprint density at radius 2 is 2.40 bits per heavy atom. The van der Waals surface area contributed by atoms with Crippen LogP contribution in [-0.2, 0) is 0 Å². The van der Waals surface area contributed by atoms with E-state index in [9.17, 15) is 0 Å². The van der Waals surface area contributed by atoms with Crippen LogP contribution < -0.4 is 11.1 Å². The smallest absolute Gasteiger partial charge is 0.188 e. The van der Waals surface area contributed by atoms with Gasteiger partial charge < -0.3 is 11.1 Å². The summed E-state index contributed by atoms with van der Waals surface area (Å²) < 4.78 is 0. The highest BCUT2D eigenvalue weighted by Crippen LogP contribution is 2.08. The monoisotopic (exact) mass is 141 g/mol. The van der Waals surface area contributed by atoms with Crippen LogP contribution in [0.1, 0.15) is 20.3 Å². The van der Waals surface area contributed by atoms with Crippen molar-refractivity contribution in [2.24, 2.45) is 16.6 Å². The van der Waals surface area contributed by atoms with E-state index < -0.39 is 0 Å². The average molecular weight is 141 g/mol. The van der Waals surface area contributed by atoms with Crippen LogP contribution in [0.5, 0.6) is 0 Å². The van der Waals surface area contributed by atoms with Crippen molar-refractivity contribution >= 4 is 5.96 Å². The molecule has 1 aliphatic heterocycles. The highest BCUT2D eigenvalue weighted by molar-refractivity contribution is 5.78. The zero-order valence-electron chi connectivity index (χ0n) is 6.59. The highest BCUT2D eigenvalue weighted by atomic mass is 15.1. The Hall–Kier alpha value is -0.730. The van der Waals surface area contributed by atoms with Gasteiger partial charge in [-0.15, -0.1) is 0 Å². The molecule has 0 spiro atoms. The van der Waals surface area contributed by atoms with E-state index in [0.29, 0.717) is 17.9 Å². The summed E-state index contributed by atoms with van der Waals surface area (Å²) in [6, 6.07) is 0.525. The first-order valence-corrected chi connectivity index (χ1v) is 3.76. The first-order valence-electron chi connectivity index (χ1n) is 3.76. The number of hydrogen-bond acceptors (Lipinski definition) is 3. The van der Waals surface area contributed by atoms with Gasteiger partial charge in [0.05, 0.1) is 0 Å². The van der Waals surface area contributed by atoms with Crippen LogP contribution in [0.3, 0.4) is 0 Å². The molecule has 3 N–H and O–H groups in total. The van der Waals surface area contributed by atoms with Crippen LogP contribution in [0.15, 0.2) is 4.99 Å². The number of nitrogens with one attached hydrogen (secondary N) is 1. The lowest BCUT2D eigenvalue weighted by Crippen LogP contribution is -2.46. The fraction of sp³-hybridized carbons (Fsp3) is 0.857. The fourth-order valence-electron chi connectivity index (χ4n) is 1.13. The van der Waals surface area contributed by atoms with E-state index >= 15 is 0 Å². The molecule has 1 rings (SSSR count). The van der Waals surface area contributed by atoms with Gasteiger partial charge in [-0.2, -0.15) is 0 Å². The molecule has 0 aromatic carbocycles. The summed E-state index contributed by atoms with van der Waals surface area (Å²) in [6.07, 6.45) is 1.11. The number of guanidine groups is 1. The van der Waals surface area contributed by atoms with Crippen molar-refractivity contribution in [1.82, 2.24) is 5.32 Å². The lowest BCUT2D eigenvalue weighted by Gasteiger charge is -2.25. The fourth-order valence-corrected chi connectivity index (χ4v) is 1.13. The van der Waals surface area contributed by atoms with Gasteiger partial charge in [0, 0.05) is 12.6 Å². The maximum absolute atomic E-state index is 5.50. The molecule has 1 aliphatic rings. The molecule has 0 saturated heterocycles. The number of aliphatic imine (C=N–C) groups is 1. The van der Waals surface area contributed by atoms with E-state index in [-0.39, 0.29) is 0 Å². The molecule has 3 heteroatoms. The van der Waals surface area contributed by atoms with Crippen molar-refractivity contribution < 1.29 is 0 Å². The van der Waals surface area contributed by atoms with E-state index in [4.69, 9.17) is 5.73 Å². The molecule has 3 nitrogen and oxygen atoms in total. The van der Waals surface area contributed by atoms with Gasteiger partial charge in [0.25, 0.3) is 0 Å². The predicted molar refractivity (Wildman–Crippen MR) is 42.9 cm³/mol. The minimum absolute atomic E-state index is 0.525. The minimum atomic E-state index is 0.525. The van der Waals surface area contributed by atoms with Gasteiger partial charge in [-0.1, -0.05) is 13.8 Å². The maximum Gasteiger partial charge on any atom is 0.188 e. The van der Waals surface area contributed by atoms with Crippen molar-refractivity contribution in [2.45, 2.75) is 26.3 Å². The van der Waals surface area contributed by atoms with Crippen LogP contribution in [0.2, 0.25) is 0 Å². The number of nitrogens with zero attached hydrogens (tertiary/aromatic N) is 1. The Balaban J connectivity index is 2.45. The van der Waals surface area contributed by atoms with Gasteiger partial charge >= 0.3 is 0 Å². The molecule has 0 amide bonds. The predicted octanol–water partition coefficient (Wildman–Crippen LogP) is 0.319. The molecule has 0 fully saturated rings. The van der Waals surface area contributed by atoms with Gasteiger partial charge in [-0.25, -0.2) is 0 Å². The second-order valence-electron chi connectivity index (χ2n) is 3.05. The zero-order valence-corrected chi connectivity index (χ0v) is 6.59. The Kier molecular flexibility index (Phi) is 2.14. The van der Waals surface area contributed by atoms with Gasteiger partial charge in [0.2, 0.25) is 0 Å². The molecule has 10 heavy (non-hydrogen) atoms. The standard InChI is InChI=1S/C7H15N3/c1-5(2)6-3-4-9-7(8)10-6/h5-6H,3-4H2,1-2H3,(H3,8,9,10). The molecule has 0 radical (unpaired) electrons. The Morgan fingerprint density at radius 3 is 2.80 bits per heavy atom. The van der Waals surface area contributed by atoms with Crippen molar-refractivity contribution in [3.63, 3.8) is 0 Å². The molecule has 1 unspecified atom stereocenters. The SMILES string of the molecule is CC(C)C1CCN=C(N)N1. The molecule has 0 aromatic rings. The normalized spacial score (nSPS) is 25.9. The van der Waals surface area contributed by atoms with Gasteiger partial charge in [-0.05, 0) is 12.3 Å². The lowest BCUT2D eigenvalue weighted by atomic mass is 10.0. The minimum Gasteiger partial charge on any atom is -0.370 e. The van der Waals surface area contributed by atoms with E-state index in [1.807, 2.05) is 0 Å². The second-order valence-corrected chi connectivity index (χ2v) is 3.05. The summed E-state index contributed by atoms with van der Waals surface area (Å²) in [7, 11) is 0. The lowest BCUT2D eigenvalue weighted by molar-refractivity contribution is 0.417. The molecule has 1 heterocycles. The van der Waals surface area contributed by atoms with Gasteiger partial charge in [0.15, 0.2) is 5.96 Å². The Labute approximate surface area is 61.7 Å². The third kappa shape index (κ3) is 1.62. The number of rotatable bonds is 1. The van der Waals surface area contributed by atoms with Crippen LogP contribution in [-0.4, -0.2) is 18.5 Å². The molecule has 0 saturated carbocycles. The molecule has 58 valence electrons. The largest absolute Gasteiger partial charge is 0.370 e. The van der Waals surface area contributed by atoms with Crippen molar-refractivity contribution in [2.75, 3.05) is 6.54 Å². The third-order valence-corrected chi connectivity index (χ3v) is 1.86. The third-order valence-electron chi connectivity index (χ3n) is 1.86. The Bertz CT molecular complexity index is 140. The van der Waals surface area contributed by atoms with Gasteiger partial charge in [0.1, 0.15) is 0 Å². The van der Waals surface area contributed by atoms with E-state index in [2.05, 4.69) is 24.2 Å². The van der Waals surface area contributed by atoms with Crippen molar-refractivity contribution in [3.05, 3.63) is 0 Å². The number of nitrogens with two attached hydrogens (primary N) is 1. The summed E-state index contributed by atoms with van der Waals surface area (Å²) >= 11 is 0. The summed E-state index contributed by atoms with van der Waals surface area (Å²) in [5, 5.41) is 3.14. The van der Waals surface area contributed by atoms with E-state index in [1.165, 1.54) is 0 Å². The number of hydrogen-bond donors (Lipinski definition) is 2. The van der Waals surface area contributed by atoms with Crippen LogP contribution in [0.4, 0.5) is 0 Å². The first kappa shape index (κ1) is 7.38. The van der Waals surface area contributed by atoms with Crippen LogP contribution >= 0.6 is 0 Å². The molecule has 0 bridgehead atoms. The summed E-state index contributed by atoms with van der Waals surface area (Å²) in [6.45, 7) is 5.26. The van der Waals surface area contributed by atoms with Crippen molar-refractivity contribution in [3.8, 4) is 0 Å². The highest BCUT2D eigenvalue weighted by Gasteiger charge is 2.16. The van der Waals surface area contributed by atoms with Crippen LogP contribution in [0.25, 0.3) is 0 Å². The molecule has 1 atom stereocenters. The average Bonchev–Trinajstić information content (AvgIpc) is 1.88. The topological polar surface area (TPSA) is 50.4 Å². The zero-order chi connectivity index (χ0) is 7.56. The molecule has 0 aromatic heterocycles. The van der Waals surface area contributed by atoms with E-state index in [0.717, 1.165) is 13.0 Å². The molecular formula is C7H15N3. The summed E-state index contributed by atoms with van der Waals surface area (Å²) in [5.41, 5.74) is 5.50. The van der Waals surface area contributed by atoms with Gasteiger partial charge in [-0.3, -0.25) is 4.99 Å². The summed E-state index contributed by atoms with van der Waals surface area (Å²) in [4.78, 5) is 4.05. The molecular weight excluding hydrogens is 126 g/mol. The maximum atomic E-state index is 5.50. The van der Waals surface area contributed by atoms with Crippen molar-refractivity contribution in [1.29, 1.82) is 0 Å². The van der Waals surface area contributed by atoms with E-state index in [1.54, 1.807) is 0 Å². The second kappa shape index (κ2) is 2.90. The van der Waals surface area contributed by atoms with Crippen LogP contribution in [0, 0.1) is 5.92 Å². The first-order chi connectivity index (χ1) is 4.70. The quantitative estimate of drug-likeness (QED) is 0.552.